The predicted octanol–water partition coefficient (Wildman–Crippen LogP) is 3.61. The van der Waals surface area contributed by atoms with Crippen molar-refractivity contribution in [1.29, 1.82) is 0 Å². The number of hydrogen-bond donors (Lipinski definition) is 1. The molecule has 0 saturated heterocycles. The maximum Gasteiger partial charge on any atom is 0.146 e. The van der Waals surface area contributed by atoms with Crippen LogP contribution in [0, 0.1) is 0 Å². The highest BCUT2D eigenvalue weighted by Crippen LogP contribution is 2.28. The van der Waals surface area contributed by atoms with Crippen molar-refractivity contribution in [2.45, 2.75) is 25.9 Å². The van der Waals surface area contributed by atoms with Crippen LogP contribution in [0.1, 0.15) is 13.3 Å². The van der Waals surface area contributed by atoms with E-state index in [0.717, 1.165) is 12.2 Å². The summed E-state index contributed by atoms with van der Waals surface area (Å²) in [5, 5.41) is 1.21. The van der Waals surface area contributed by atoms with Crippen molar-refractivity contribution >= 4 is 16.7 Å². The molecule has 112 valence electrons. The number of nitrogens with zero attached hydrogens (tertiary/aromatic N) is 1. The second-order valence-electron chi connectivity index (χ2n) is 5.61. The minimum Gasteiger partial charge on any atom is -0.340 e. The van der Waals surface area contributed by atoms with Gasteiger partial charge < -0.3 is 10.3 Å². The summed E-state index contributed by atoms with van der Waals surface area (Å²) in [5.74, 6) is 0.0396. The summed E-state index contributed by atoms with van der Waals surface area (Å²) in [6.07, 6.45) is 0.647. The van der Waals surface area contributed by atoms with Gasteiger partial charge in [0.25, 0.3) is 0 Å². The maximum absolute atomic E-state index is 11.4. The Morgan fingerprint density at radius 3 is 2.50 bits per heavy atom. The first-order valence-electron chi connectivity index (χ1n) is 7.56. The zero-order valence-electron chi connectivity index (χ0n) is 12.7. The van der Waals surface area contributed by atoms with E-state index in [1.807, 2.05) is 30.3 Å². The van der Waals surface area contributed by atoms with Crippen LogP contribution >= 0.6 is 0 Å². The van der Waals surface area contributed by atoms with Crippen molar-refractivity contribution in [3.8, 4) is 11.3 Å². The number of aryl methyl sites for hydroxylation is 1. The molecule has 3 aromatic rings. The Balaban J connectivity index is 2.04. The van der Waals surface area contributed by atoms with E-state index in [2.05, 4.69) is 34.9 Å². The minimum atomic E-state index is -0.398. The molecule has 0 radical (unpaired) electrons. The first kappa shape index (κ1) is 14.5. The number of rotatable bonds is 5. The molecule has 3 heteroatoms. The van der Waals surface area contributed by atoms with E-state index in [1.54, 1.807) is 6.92 Å². The number of fused-ring (bicyclic) bond motifs is 1. The van der Waals surface area contributed by atoms with Crippen LogP contribution in [-0.4, -0.2) is 16.4 Å². The van der Waals surface area contributed by atoms with Crippen molar-refractivity contribution in [2.24, 2.45) is 5.73 Å². The van der Waals surface area contributed by atoms with Crippen LogP contribution in [0.5, 0.6) is 0 Å². The SMILES string of the molecule is CC(=O)C(N)CCn1c(-c2ccccc2)cc2ccccc21. The van der Waals surface area contributed by atoms with Crippen LogP contribution in [0.2, 0.25) is 0 Å². The fourth-order valence-electron chi connectivity index (χ4n) is 2.77. The lowest BCUT2D eigenvalue weighted by molar-refractivity contribution is -0.118. The summed E-state index contributed by atoms with van der Waals surface area (Å²) in [4.78, 5) is 11.4. The van der Waals surface area contributed by atoms with Crippen molar-refractivity contribution in [2.75, 3.05) is 0 Å². The van der Waals surface area contributed by atoms with E-state index in [1.165, 1.54) is 16.5 Å². The van der Waals surface area contributed by atoms with Crippen molar-refractivity contribution in [1.82, 2.24) is 4.57 Å². The molecule has 3 nitrogen and oxygen atoms in total. The lowest BCUT2D eigenvalue weighted by atomic mass is 10.1. The summed E-state index contributed by atoms with van der Waals surface area (Å²) in [7, 11) is 0. The Hall–Kier alpha value is -2.39. The van der Waals surface area contributed by atoms with Crippen molar-refractivity contribution in [3.05, 3.63) is 60.7 Å². The van der Waals surface area contributed by atoms with E-state index in [4.69, 9.17) is 5.73 Å². The first-order valence-corrected chi connectivity index (χ1v) is 7.56. The number of ketones is 1. The van der Waals surface area contributed by atoms with E-state index >= 15 is 0 Å². The van der Waals surface area contributed by atoms with Crippen LogP contribution in [0.25, 0.3) is 22.2 Å². The molecule has 1 aromatic heterocycles. The molecular formula is C19H20N2O. The van der Waals surface area contributed by atoms with E-state index in [0.29, 0.717) is 6.42 Å². The third kappa shape index (κ3) is 2.81. The Kier molecular flexibility index (Phi) is 4.07. The Labute approximate surface area is 130 Å². The molecule has 0 spiro atoms. The summed E-state index contributed by atoms with van der Waals surface area (Å²) < 4.78 is 2.26. The molecule has 0 amide bonds. The highest BCUT2D eigenvalue weighted by molar-refractivity contribution is 5.87. The van der Waals surface area contributed by atoms with Gasteiger partial charge in [-0.05, 0) is 31.0 Å². The van der Waals surface area contributed by atoms with Gasteiger partial charge in [0.2, 0.25) is 0 Å². The molecule has 0 saturated carbocycles. The molecule has 2 N–H and O–H groups in total. The summed E-state index contributed by atoms with van der Waals surface area (Å²) in [6, 6.07) is 20.4. The number of carbonyl (C=O) groups is 1. The number of nitrogens with two attached hydrogens (primary N) is 1. The smallest absolute Gasteiger partial charge is 0.146 e. The van der Waals surface area contributed by atoms with E-state index < -0.39 is 6.04 Å². The van der Waals surface area contributed by atoms with Gasteiger partial charge in [0.1, 0.15) is 5.78 Å². The molecule has 0 bridgehead atoms. The monoisotopic (exact) mass is 292 g/mol. The van der Waals surface area contributed by atoms with Gasteiger partial charge in [-0.25, -0.2) is 0 Å². The normalized spacial score (nSPS) is 12.5. The number of hydrogen-bond acceptors (Lipinski definition) is 2. The Morgan fingerprint density at radius 1 is 1.09 bits per heavy atom. The van der Waals surface area contributed by atoms with Crippen LogP contribution in [0.15, 0.2) is 60.7 Å². The van der Waals surface area contributed by atoms with Gasteiger partial charge in [0.15, 0.2) is 0 Å². The fraction of sp³-hybridized carbons (Fsp3) is 0.211. The van der Waals surface area contributed by atoms with E-state index in [9.17, 15) is 4.79 Å². The lowest BCUT2D eigenvalue weighted by Crippen LogP contribution is -2.29. The third-order valence-electron chi connectivity index (χ3n) is 4.07. The van der Waals surface area contributed by atoms with Crippen LogP contribution in [0.3, 0.4) is 0 Å². The van der Waals surface area contributed by atoms with Gasteiger partial charge in [0.05, 0.1) is 6.04 Å². The average molecular weight is 292 g/mol. The van der Waals surface area contributed by atoms with Gasteiger partial charge in [-0.3, -0.25) is 4.79 Å². The number of benzene rings is 2. The standard InChI is InChI=1S/C19H20N2O/c1-14(22)17(20)11-12-21-18-10-6-5-9-16(18)13-19(21)15-7-3-2-4-8-15/h2-10,13,17H,11-12,20H2,1H3. The van der Waals surface area contributed by atoms with Gasteiger partial charge in [0, 0.05) is 23.1 Å². The number of aromatic nitrogens is 1. The molecule has 1 heterocycles. The molecule has 2 aromatic carbocycles. The molecule has 0 aliphatic carbocycles. The predicted molar refractivity (Wildman–Crippen MR) is 90.6 cm³/mol. The van der Waals surface area contributed by atoms with Crippen molar-refractivity contribution < 1.29 is 4.79 Å². The third-order valence-corrected chi connectivity index (χ3v) is 4.07. The molecular weight excluding hydrogens is 272 g/mol. The summed E-state index contributed by atoms with van der Waals surface area (Å²) in [5.41, 5.74) is 9.42. The second-order valence-corrected chi connectivity index (χ2v) is 5.61. The maximum atomic E-state index is 11.4. The topological polar surface area (TPSA) is 48.0 Å². The van der Waals surface area contributed by atoms with Crippen LogP contribution in [0.4, 0.5) is 0 Å². The number of Topliss-reactive ketones (excluding diaryl/α,β-unsaturated/α-hetero) is 1. The molecule has 3 rings (SSSR count). The van der Waals surface area contributed by atoms with Crippen LogP contribution in [-0.2, 0) is 11.3 Å². The molecule has 1 unspecified atom stereocenters. The molecule has 1 atom stereocenters. The van der Waals surface area contributed by atoms with Gasteiger partial charge >= 0.3 is 0 Å². The minimum absolute atomic E-state index is 0.0396. The number of carbonyl (C=O) groups excluding carboxylic acids is 1. The van der Waals surface area contributed by atoms with Gasteiger partial charge in [-0.15, -0.1) is 0 Å². The largest absolute Gasteiger partial charge is 0.340 e. The molecule has 22 heavy (non-hydrogen) atoms. The zero-order chi connectivity index (χ0) is 15.5. The van der Waals surface area contributed by atoms with Crippen molar-refractivity contribution in [3.63, 3.8) is 0 Å². The lowest BCUT2D eigenvalue weighted by Gasteiger charge is -2.13. The molecule has 0 fully saturated rings. The number of para-hydroxylation sites is 1. The van der Waals surface area contributed by atoms with E-state index in [-0.39, 0.29) is 5.78 Å². The second kappa shape index (κ2) is 6.16. The fourth-order valence-corrected chi connectivity index (χ4v) is 2.77. The summed E-state index contributed by atoms with van der Waals surface area (Å²) in [6.45, 7) is 2.29. The highest BCUT2D eigenvalue weighted by Gasteiger charge is 2.13. The molecule has 0 aliphatic rings. The zero-order valence-corrected chi connectivity index (χ0v) is 12.7. The Morgan fingerprint density at radius 2 is 1.77 bits per heavy atom. The summed E-state index contributed by atoms with van der Waals surface area (Å²) >= 11 is 0. The van der Waals surface area contributed by atoms with Gasteiger partial charge in [-0.2, -0.15) is 0 Å². The quantitative estimate of drug-likeness (QED) is 0.781. The molecule has 0 aliphatic heterocycles. The highest BCUT2D eigenvalue weighted by atomic mass is 16.1. The first-order chi connectivity index (χ1) is 10.7. The van der Waals surface area contributed by atoms with Gasteiger partial charge in [-0.1, -0.05) is 48.5 Å². The Bertz CT molecular complexity index is 790. The van der Waals surface area contributed by atoms with Crippen LogP contribution < -0.4 is 5.73 Å². The average Bonchev–Trinajstić information content (AvgIpc) is 2.92.